The van der Waals surface area contributed by atoms with E-state index < -0.39 is 10.0 Å². The Balaban J connectivity index is 1.59. The quantitative estimate of drug-likeness (QED) is 0.764. The fourth-order valence-electron chi connectivity index (χ4n) is 3.03. The summed E-state index contributed by atoms with van der Waals surface area (Å²) < 4.78 is 32.2. The summed E-state index contributed by atoms with van der Waals surface area (Å²) in [6.45, 7) is 5.00. The van der Waals surface area contributed by atoms with Crippen LogP contribution in [0.3, 0.4) is 0 Å². The smallest absolute Gasteiger partial charge is 0.243 e. The summed E-state index contributed by atoms with van der Waals surface area (Å²) in [5.74, 6) is 0.987. The highest BCUT2D eigenvalue weighted by molar-refractivity contribution is 7.89. The van der Waals surface area contributed by atoms with E-state index in [2.05, 4.69) is 22.0 Å². The molecule has 3 rings (SSSR count). The van der Waals surface area contributed by atoms with Gasteiger partial charge in [-0.1, -0.05) is 30.6 Å². The lowest BCUT2D eigenvalue weighted by Gasteiger charge is -2.33. The second kappa shape index (κ2) is 8.26. The van der Waals surface area contributed by atoms with Crippen LogP contribution in [0.4, 0.5) is 0 Å². The van der Waals surface area contributed by atoms with Gasteiger partial charge in [0.15, 0.2) is 5.82 Å². The minimum absolute atomic E-state index is 0.218. The molecule has 8 nitrogen and oxygen atoms in total. The van der Waals surface area contributed by atoms with E-state index in [0.29, 0.717) is 49.3 Å². The Morgan fingerprint density at radius 3 is 2.42 bits per heavy atom. The first-order chi connectivity index (χ1) is 12.5. The molecule has 9 heteroatoms. The van der Waals surface area contributed by atoms with Crippen molar-refractivity contribution in [2.45, 2.75) is 37.8 Å². The Morgan fingerprint density at radius 2 is 1.85 bits per heavy atom. The minimum Gasteiger partial charge on any atom is -0.338 e. The number of hydrogen-bond acceptors (Lipinski definition) is 7. The van der Waals surface area contributed by atoms with Crippen LogP contribution in [0.2, 0.25) is 0 Å². The van der Waals surface area contributed by atoms with Crippen LogP contribution in [-0.4, -0.2) is 53.9 Å². The van der Waals surface area contributed by atoms with Gasteiger partial charge in [-0.25, -0.2) is 8.42 Å². The molecule has 142 valence electrons. The average Bonchev–Trinajstić information content (AvgIpc) is 3.10. The first-order valence-electron chi connectivity index (χ1n) is 8.86. The molecule has 0 radical (unpaired) electrons. The number of nitrogens with two attached hydrogens (primary N) is 1. The molecular formula is C17H25N5O3S. The molecule has 1 aliphatic rings. The third kappa shape index (κ3) is 4.29. The number of benzene rings is 1. The van der Waals surface area contributed by atoms with Crippen molar-refractivity contribution in [2.75, 3.05) is 26.2 Å². The Labute approximate surface area is 154 Å². The van der Waals surface area contributed by atoms with Crippen LogP contribution in [0.25, 0.3) is 0 Å². The fourth-order valence-corrected chi connectivity index (χ4v) is 4.45. The van der Waals surface area contributed by atoms with Crippen LogP contribution in [-0.2, 0) is 29.5 Å². The van der Waals surface area contributed by atoms with Gasteiger partial charge in [0, 0.05) is 26.2 Å². The van der Waals surface area contributed by atoms with Gasteiger partial charge in [0.1, 0.15) is 0 Å². The lowest BCUT2D eigenvalue weighted by molar-refractivity contribution is 0.176. The van der Waals surface area contributed by atoms with Gasteiger partial charge in [0.05, 0.1) is 18.0 Å². The summed E-state index contributed by atoms with van der Waals surface area (Å²) in [4.78, 5) is 6.66. The number of aromatic nitrogens is 2. The normalized spacial score (nSPS) is 16.8. The molecule has 0 atom stereocenters. The largest absolute Gasteiger partial charge is 0.338 e. The summed E-state index contributed by atoms with van der Waals surface area (Å²) in [6, 6.07) is 7.22. The molecule has 0 aliphatic carbocycles. The first kappa shape index (κ1) is 19.0. The van der Waals surface area contributed by atoms with Crippen LogP contribution >= 0.6 is 0 Å². The van der Waals surface area contributed by atoms with Crippen LogP contribution < -0.4 is 5.73 Å². The van der Waals surface area contributed by atoms with Crippen molar-refractivity contribution in [1.82, 2.24) is 19.3 Å². The van der Waals surface area contributed by atoms with Crippen molar-refractivity contribution in [1.29, 1.82) is 0 Å². The van der Waals surface area contributed by atoms with E-state index in [0.717, 1.165) is 18.4 Å². The van der Waals surface area contributed by atoms with Crippen molar-refractivity contribution in [3.63, 3.8) is 0 Å². The lowest BCUT2D eigenvalue weighted by atomic mass is 10.1. The topological polar surface area (TPSA) is 106 Å². The zero-order valence-electron chi connectivity index (χ0n) is 15.0. The number of aryl methyl sites for hydroxylation is 1. The SMILES string of the molecule is CCCc1ccc(S(=O)(=O)N2CCN(Cc3noc(CN)n3)CC2)cc1. The van der Waals surface area contributed by atoms with Crippen molar-refractivity contribution in [3.8, 4) is 0 Å². The van der Waals surface area contributed by atoms with Gasteiger partial charge in [-0.15, -0.1) is 0 Å². The van der Waals surface area contributed by atoms with Gasteiger partial charge < -0.3 is 10.3 Å². The highest BCUT2D eigenvalue weighted by Crippen LogP contribution is 2.19. The van der Waals surface area contributed by atoms with Crippen molar-refractivity contribution in [3.05, 3.63) is 41.5 Å². The molecule has 1 fully saturated rings. The van der Waals surface area contributed by atoms with E-state index in [9.17, 15) is 8.42 Å². The molecule has 26 heavy (non-hydrogen) atoms. The van der Waals surface area contributed by atoms with Crippen LogP contribution in [0, 0.1) is 0 Å². The molecular weight excluding hydrogens is 354 g/mol. The Hall–Kier alpha value is -1.81. The van der Waals surface area contributed by atoms with Crippen LogP contribution in [0.5, 0.6) is 0 Å². The Morgan fingerprint density at radius 1 is 1.15 bits per heavy atom. The van der Waals surface area contributed by atoms with Gasteiger partial charge in [-0.3, -0.25) is 4.90 Å². The number of hydrogen-bond donors (Lipinski definition) is 1. The first-order valence-corrected chi connectivity index (χ1v) is 10.3. The van der Waals surface area contributed by atoms with Gasteiger partial charge in [-0.2, -0.15) is 9.29 Å². The van der Waals surface area contributed by atoms with Gasteiger partial charge in [-0.05, 0) is 24.1 Å². The summed E-state index contributed by atoms with van der Waals surface area (Å²) in [7, 11) is -3.45. The van der Waals surface area contributed by atoms with Gasteiger partial charge >= 0.3 is 0 Å². The number of nitrogens with zero attached hydrogens (tertiary/aromatic N) is 4. The fraction of sp³-hybridized carbons (Fsp3) is 0.529. The van der Waals surface area contributed by atoms with Gasteiger partial charge in [0.25, 0.3) is 0 Å². The molecule has 2 N–H and O–H groups in total. The molecule has 0 unspecified atom stereocenters. The maximum Gasteiger partial charge on any atom is 0.243 e. The third-order valence-corrected chi connectivity index (χ3v) is 6.39. The van der Waals surface area contributed by atoms with E-state index in [4.69, 9.17) is 10.3 Å². The molecule has 0 bridgehead atoms. The molecule has 1 aromatic carbocycles. The third-order valence-electron chi connectivity index (χ3n) is 4.48. The molecule has 0 spiro atoms. The van der Waals surface area contributed by atoms with Crippen molar-refractivity contribution >= 4 is 10.0 Å². The molecule has 0 saturated carbocycles. The zero-order valence-corrected chi connectivity index (χ0v) is 15.8. The van der Waals surface area contributed by atoms with E-state index in [1.165, 1.54) is 0 Å². The highest BCUT2D eigenvalue weighted by atomic mass is 32.2. The Kier molecular flexibility index (Phi) is 6.02. The molecule has 2 aromatic rings. The molecule has 0 amide bonds. The predicted octanol–water partition coefficient (Wildman–Crippen LogP) is 0.987. The minimum atomic E-state index is -3.45. The van der Waals surface area contributed by atoms with Crippen LogP contribution in [0.1, 0.15) is 30.6 Å². The highest BCUT2D eigenvalue weighted by Gasteiger charge is 2.28. The monoisotopic (exact) mass is 379 g/mol. The maximum atomic E-state index is 12.8. The standard InChI is InChI=1S/C17H25N5O3S/c1-2-3-14-4-6-15(7-5-14)26(23,24)22-10-8-21(9-11-22)13-16-19-17(12-18)25-20-16/h4-7H,2-3,8-13,18H2,1H3. The van der Waals surface area contributed by atoms with Crippen molar-refractivity contribution in [2.24, 2.45) is 5.73 Å². The molecule has 1 aliphatic heterocycles. The van der Waals surface area contributed by atoms with Gasteiger partial charge in [0.2, 0.25) is 15.9 Å². The number of rotatable bonds is 7. The Bertz CT molecular complexity index is 811. The second-order valence-electron chi connectivity index (χ2n) is 6.38. The molecule has 1 saturated heterocycles. The lowest BCUT2D eigenvalue weighted by Crippen LogP contribution is -2.48. The van der Waals surface area contributed by atoms with E-state index in [1.54, 1.807) is 16.4 Å². The van der Waals surface area contributed by atoms with E-state index in [1.807, 2.05) is 12.1 Å². The summed E-state index contributed by atoms with van der Waals surface area (Å²) >= 11 is 0. The van der Waals surface area contributed by atoms with E-state index >= 15 is 0 Å². The summed E-state index contributed by atoms with van der Waals surface area (Å²) in [5.41, 5.74) is 6.62. The second-order valence-corrected chi connectivity index (χ2v) is 8.32. The molecule has 1 aromatic heterocycles. The van der Waals surface area contributed by atoms with E-state index in [-0.39, 0.29) is 6.54 Å². The number of piperazine rings is 1. The average molecular weight is 379 g/mol. The molecule has 2 heterocycles. The summed E-state index contributed by atoms with van der Waals surface area (Å²) in [6.07, 6.45) is 2.00. The van der Waals surface area contributed by atoms with Crippen molar-refractivity contribution < 1.29 is 12.9 Å². The summed E-state index contributed by atoms with van der Waals surface area (Å²) in [5, 5.41) is 3.88. The zero-order chi connectivity index (χ0) is 18.6. The predicted molar refractivity (Wildman–Crippen MR) is 96.7 cm³/mol. The van der Waals surface area contributed by atoms with Crippen LogP contribution in [0.15, 0.2) is 33.7 Å². The maximum absolute atomic E-state index is 12.8. The number of sulfonamides is 1.